The molecule has 5 heteroatoms. The van der Waals surface area contributed by atoms with Crippen molar-refractivity contribution in [2.45, 2.75) is 51.4 Å². The van der Waals surface area contributed by atoms with Crippen molar-refractivity contribution < 1.29 is 23.0 Å². The van der Waals surface area contributed by atoms with E-state index in [2.05, 4.69) is 13.2 Å². The van der Waals surface area contributed by atoms with Gasteiger partial charge in [-0.1, -0.05) is 43.0 Å². The highest BCUT2D eigenvalue weighted by atomic mass is 19.2. The number of phenols is 1. The second-order valence-corrected chi connectivity index (χ2v) is 8.64. The number of halogens is 3. The predicted molar refractivity (Wildman–Crippen MR) is 126 cm³/mol. The molecular weight excluding hydrogens is 425 g/mol. The van der Waals surface area contributed by atoms with Gasteiger partial charge in [-0.3, -0.25) is 0 Å². The molecule has 2 nitrogen and oxygen atoms in total. The molecule has 0 bridgehead atoms. The van der Waals surface area contributed by atoms with Gasteiger partial charge >= 0.3 is 0 Å². The second-order valence-electron chi connectivity index (χ2n) is 8.64. The van der Waals surface area contributed by atoms with Crippen LogP contribution in [0, 0.1) is 17.6 Å². The Morgan fingerprint density at radius 3 is 2.33 bits per heavy atom. The molecule has 1 N–H and O–H groups in total. The Balaban J connectivity index is 1.56. The highest BCUT2D eigenvalue weighted by Gasteiger charge is 2.26. The molecule has 0 atom stereocenters. The first-order valence-electron chi connectivity index (χ1n) is 11.4. The van der Waals surface area contributed by atoms with Gasteiger partial charge in [0, 0.05) is 5.56 Å². The number of hydrogen-bond acceptors (Lipinski definition) is 2. The minimum Gasteiger partial charge on any atom is -0.508 e. The first-order valence-corrected chi connectivity index (χ1v) is 11.4. The Kier molecular flexibility index (Phi) is 8.43. The average molecular weight is 457 g/mol. The summed E-state index contributed by atoms with van der Waals surface area (Å²) in [6, 6.07) is 9.35. The van der Waals surface area contributed by atoms with Gasteiger partial charge < -0.3 is 9.84 Å². The number of allylic oxidation sites excluding steroid dienone is 3. The van der Waals surface area contributed by atoms with Crippen LogP contribution in [0.3, 0.4) is 0 Å². The van der Waals surface area contributed by atoms with Gasteiger partial charge in [0.15, 0.2) is 17.5 Å². The molecule has 3 rings (SSSR count). The van der Waals surface area contributed by atoms with E-state index < -0.39 is 17.5 Å². The van der Waals surface area contributed by atoms with E-state index in [4.69, 9.17) is 4.74 Å². The molecule has 0 heterocycles. The van der Waals surface area contributed by atoms with Crippen LogP contribution in [0.25, 0.3) is 11.1 Å². The largest absolute Gasteiger partial charge is 0.508 e. The summed E-state index contributed by atoms with van der Waals surface area (Å²) in [5.41, 5.74) is 1.83. The van der Waals surface area contributed by atoms with E-state index in [1.54, 1.807) is 31.2 Å². The Bertz CT molecular complexity index is 1020. The summed E-state index contributed by atoms with van der Waals surface area (Å²) in [5, 5.41) is 9.41. The maximum Gasteiger partial charge on any atom is 0.166 e. The van der Waals surface area contributed by atoms with E-state index in [9.17, 15) is 18.3 Å². The van der Waals surface area contributed by atoms with Gasteiger partial charge in [0.05, 0.1) is 6.61 Å². The van der Waals surface area contributed by atoms with Gasteiger partial charge in [-0.25, -0.2) is 13.2 Å². The lowest BCUT2D eigenvalue weighted by atomic mass is 9.76. The summed E-state index contributed by atoms with van der Waals surface area (Å²) in [6.45, 7) is 9.61. The van der Waals surface area contributed by atoms with Crippen LogP contribution in [-0.2, 0) is 4.74 Å². The zero-order valence-corrected chi connectivity index (χ0v) is 19.0. The summed E-state index contributed by atoms with van der Waals surface area (Å²) in [5.74, 6) is -1.60. The minimum atomic E-state index is -0.848. The Morgan fingerprint density at radius 2 is 1.70 bits per heavy atom. The van der Waals surface area contributed by atoms with Crippen LogP contribution >= 0.6 is 0 Å². The third kappa shape index (κ3) is 6.31. The molecule has 1 saturated carbocycles. The minimum absolute atomic E-state index is 0.0142. The molecule has 1 aliphatic rings. The van der Waals surface area contributed by atoms with Crippen LogP contribution < -0.4 is 0 Å². The van der Waals surface area contributed by atoms with Crippen molar-refractivity contribution in [3.8, 4) is 16.9 Å². The van der Waals surface area contributed by atoms with Crippen molar-refractivity contribution in [2.24, 2.45) is 5.92 Å². The third-order valence-electron chi connectivity index (χ3n) is 6.37. The number of benzene rings is 2. The van der Waals surface area contributed by atoms with Crippen LogP contribution in [0.5, 0.6) is 5.75 Å². The zero-order valence-electron chi connectivity index (χ0n) is 19.0. The number of ether oxygens (including phenoxy) is 1. The summed E-state index contributed by atoms with van der Waals surface area (Å²) < 4.78 is 48.7. The Morgan fingerprint density at radius 1 is 1.03 bits per heavy atom. The normalized spacial score (nSPS) is 18.7. The molecule has 2 aromatic rings. The fourth-order valence-electron chi connectivity index (χ4n) is 4.47. The van der Waals surface area contributed by atoms with Crippen molar-refractivity contribution in [1.29, 1.82) is 0 Å². The van der Waals surface area contributed by atoms with E-state index in [0.717, 1.165) is 32.1 Å². The molecule has 1 aliphatic carbocycles. The standard InChI is InChI=1S/C28H31F3O2/c1-4-33-19(3)26(29)17-18(2)5-6-20-7-9-21(10-8-20)24-15-16-25(28(31)27(24)30)22-11-13-23(32)14-12-22/h11-17,20-21,32H,2-10H2,1H3/b26-17+. The number of rotatable bonds is 9. The molecular formula is C28H31F3O2. The van der Waals surface area contributed by atoms with Crippen molar-refractivity contribution >= 4 is 0 Å². The molecule has 0 aromatic heterocycles. The Labute approximate surface area is 194 Å². The van der Waals surface area contributed by atoms with Gasteiger partial charge in [0.1, 0.15) is 11.5 Å². The zero-order chi connectivity index (χ0) is 24.0. The number of hydrogen-bond donors (Lipinski definition) is 1. The average Bonchev–Trinajstić information content (AvgIpc) is 2.81. The monoisotopic (exact) mass is 456 g/mol. The van der Waals surface area contributed by atoms with Crippen LogP contribution in [0.1, 0.15) is 56.9 Å². The van der Waals surface area contributed by atoms with Crippen molar-refractivity contribution in [3.63, 3.8) is 0 Å². The molecule has 0 amide bonds. The molecule has 0 unspecified atom stereocenters. The lowest BCUT2D eigenvalue weighted by Crippen LogP contribution is -2.15. The smallest absolute Gasteiger partial charge is 0.166 e. The van der Waals surface area contributed by atoms with Gasteiger partial charge in [0.2, 0.25) is 0 Å². The maximum absolute atomic E-state index is 14.9. The number of aromatic hydroxyl groups is 1. The van der Waals surface area contributed by atoms with Gasteiger partial charge in [-0.05, 0) is 86.6 Å². The number of phenolic OH excluding ortho intramolecular Hbond substituents is 1. The summed E-state index contributed by atoms with van der Waals surface area (Å²) in [6.07, 6.45) is 6.33. The lowest BCUT2D eigenvalue weighted by Gasteiger charge is -2.29. The van der Waals surface area contributed by atoms with Crippen LogP contribution in [-0.4, -0.2) is 11.7 Å². The van der Waals surface area contributed by atoms with Crippen molar-refractivity contribution in [2.75, 3.05) is 6.61 Å². The van der Waals surface area contributed by atoms with Crippen LogP contribution in [0.2, 0.25) is 0 Å². The highest BCUT2D eigenvalue weighted by molar-refractivity contribution is 5.65. The third-order valence-corrected chi connectivity index (χ3v) is 6.37. The summed E-state index contributed by atoms with van der Waals surface area (Å²) >= 11 is 0. The maximum atomic E-state index is 14.9. The summed E-state index contributed by atoms with van der Waals surface area (Å²) in [4.78, 5) is 0. The van der Waals surface area contributed by atoms with Gasteiger partial charge in [0.25, 0.3) is 0 Å². The van der Waals surface area contributed by atoms with E-state index >= 15 is 0 Å². The van der Waals surface area contributed by atoms with Crippen LogP contribution in [0.4, 0.5) is 13.2 Å². The van der Waals surface area contributed by atoms with Crippen molar-refractivity contribution in [3.05, 3.63) is 90.0 Å². The first-order chi connectivity index (χ1) is 15.8. The molecule has 0 radical (unpaired) electrons. The molecule has 0 spiro atoms. The van der Waals surface area contributed by atoms with Gasteiger partial charge in [-0.2, -0.15) is 0 Å². The molecule has 1 fully saturated rings. The molecule has 33 heavy (non-hydrogen) atoms. The van der Waals surface area contributed by atoms with E-state index in [0.29, 0.717) is 35.6 Å². The SMILES string of the molecule is C=C(/C=C(/F)C(=C)OCC)CCC1CCC(c2ccc(-c3ccc(O)cc3)c(F)c2F)CC1. The van der Waals surface area contributed by atoms with Gasteiger partial charge in [-0.15, -0.1) is 0 Å². The van der Waals surface area contributed by atoms with Crippen molar-refractivity contribution in [1.82, 2.24) is 0 Å². The van der Waals surface area contributed by atoms with E-state index in [1.807, 2.05) is 0 Å². The van der Waals surface area contributed by atoms with Crippen LogP contribution in [0.15, 0.2) is 72.8 Å². The fourth-order valence-corrected chi connectivity index (χ4v) is 4.47. The topological polar surface area (TPSA) is 29.5 Å². The summed E-state index contributed by atoms with van der Waals surface area (Å²) in [7, 11) is 0. The fraction of sp³-hybridized carbons (Fsp3) is 0.357. The second kappa shape index (κ2) is 11.3. The molecule has 176 valence electrons. The molecule has 0 saturated heterocycles. The van der Waals surface area contributed by atoms with E-state index in [-0.39, 0.29) is 23.0 Å². The first kappa shape index (κ1) is 24.7. The quantitative estimate of drug-likeness (QED) is 0.303. The lowest BCUT2D eigenvalue weighted by molar-refractivity contribution is 0.226. The Hall–Kier alpha value is -2.95. The highest BCUT2D eigenvalue weighted by Crippen LogP contribution is 2.40. The predicted octanol–water partition coefficient (Wildman–Crippen LogP) is 8.35. The molecule has 2 aromatic carbocycles. The molecule has 0 aliphatic heterocycles. The van der Waals surface area contributed by atoms with E-state index in [1.165, 1.54) is 18.2 Å².